The van der Waals surface area contributed by atoms with E-state index in [0.29, 0.717) is 32.8 Å². The number of esters is 1. The van der Waals surface area contributed by atoms with Gasteiger partial charge in [0.2, 0.25) is 0 Å². The van der Waals surface area contributed by atoms with E-state index >= 15 is 0 Å². The molecule has 6 nitrogen and oxygen atoms in total. The van der Waals surface area contributed by atoms with Crippen LogP contribution in [-0.4, -0.2) is 72.7 Å². The quantitative estimate of drug-likeness (QED) is 0.433. The number of aliphatic hydroxyl groups is 2. The highest BCUT2D eigenvalue weighted by Gasteiger charge is 2.15. The van der Waals surface area contributed by atoms with Crippen molar-refractivity contribution >= 4 is 5.97 Å². The van der Waals surface area contributed by atoms with Crippen molar-refractivity contribution < 1.29 is 24.5 Å². The minimum Gasteiger partial charge on any atom is -0.460 e. The molecule has 0 amide bonds. The molecule has 0 rings (SSSR count). The van der Waals surface area contributed by atoms with E-state index in [0.717, 1.165) is 0 Å². The summed E-state index contributed by atoms with van der Waals surface area (Å²) >= 11 is 0. The third-order valence-corrected chi connectivity index (χ3v) is 2.25. The average Bonchev–Trinajstić information content (AvgIpc) is 2.26. The molecule has 0 spiro atoms. The van der Waals surface area contributed by atoms with Crippen LogP contribution in [0.25, 0.3) is 0 Å². The Kier molecular flexibility index (Phi) is 9.77. The number of ether oxygens (including phenoxy) is 2. The fourth-order valence-corrected chi connectivity index (χ4v) is 1.46. The lowest BCUT2D eigenvalue weighted by molar-refractivity contribution is -0.156. The summed E-state index contributed by atoms with van der Waals surface area (Å²) in [6.07, 6.45) is 0.233. The maximum absolute atomic E-state index is 11.4. The zero-order chi connectivity index (χ0) is 14.7. The zero-order valence-electron chi connectivity index (χ0n) is 12.2. The van der Waals surface area contributed by atoms with Crippen molar-refractivity contribution in [1.82, 2.24) is 4.90 Å². The number of aliphatic hydroxyl groups excluding tert-OH is 2. The normalized spacial score (nSPS) is 11.9. The van der Waals surface area contributed by atoms with Gasteiger partial charge in [0, 0.05) is 19.6 Å². The van der Waals surface area contributed by atoms with Crippen molar-refractivity contribution in [2.45, 2.75) is 32.8 Å². The number of carbonyl (C=O) groups is 1. The Morgan fingerprint density at radius 1 is 1.05 bits per heavy atom. The summed E-state index contributed by atoms with van der Waals surface area (Å²) in [5.41, 5.74) is -0.462. The monoisotopic (exact) mass is 277 g/mol. The van der Waals surface area contributed by atoms with E-state index in [1.165, 1.54) is 0 Å². The van der Waals surface area contributed by atoms with Crippen molar-refractivity contribution in [3.63, 3.8) is 0 Å². The largest absolute Gasteiger partial charge is 0.460 e. The van der Waals surface area contributed by atoms with E-state index in [1.54, 1.807) is 0 Å². The van der Waals surface area contributed by atoms with E-state index in [9.17, 15) is 4.79 Å². The Morgan fingerprint density at radius 3 is 2.11 bits per heavy atom. The Morgan fingerprint density at radius 2 is 1.63 bits per heavy atom. The van der Waals surface area contributed by atoms with Gasteiger partial charge in [0.15, 0.2) is 0 Å². The summed E-state index contributed by atoms with van der Waals surface area (Å²) in [5, 5.41) is 17.6. The molecule has 0 atom stereocenters. The van der Waals surface area contributed by atoms with E-state index in [1.807, 2.05) is 25.7 Å². The number of rotatable bonds is 10. The highest BCUT2D eigenvalue weighted by atomic mass is 16.6. The molecule has 0 aromatic rings. The first-order chi connectivity index (χ1) is 8.89. The van der Waals surface area contributed by atoms with Crippen LogP contribution in [0.1, 0.15) is 27.2 Å². The van der Waals surface area contributed by atoms with Gasteiger partial charge in [0.1, 0.15) is 5.60 Å². The highest BCUT2D eigenvalue weighted by Crippen LogP contribution is 2.07. The maximum Gasteiger partial charge on any atom is 0.308 e. The van der Waals surface area contributed by atoms with Crippen LogP contribution in [0.3, 0.4) is 0 Å². The molecule has 0 aliphatic heterocycles. The molecule has 19 heavy (non-hydrogen) atoms. The van der Waals surface area contributed by atoms with Crippen molar-refractivity contribution in [3.8, 4) is 0 Å². The Hall–Kier alpha value is -0.690. The Labute approximate surface area is 115 Å². The molecular formula is C13H27NO5. The predicted octanol–water partition coefficient (Wildman–Crippen LogP) is 0.0214. The number of nitrogens with zero attached hydrogens (tertiary/aromatic N) is 1. The molecule has 0 aromatic heterocycles. The van der Waals surface area contributed by atoms with Gasteiger partial charge in [-0.05, 0) is 20.8 Å². The van der Waals surface area contributed by atoms with E-state index < -0.39 is 5.60 Å². The molecule has 0 saturated heterocycles. The van der Waals surface area contributed by atoms with Crippen molar-refractivity contribution in [2.75, 3.05) is 46.1 Å². The molecule has 0 bridgehead atoms. The Balaban J connectivity index is 3.60. The molecule has 0 fully saturated rings. The summed E-state index contributed by atoms with van der Waals surface area (Å²) in [5.74, 6) is -0.268. The second kappa shape index (κ2) is 10.1. The van der Waals surface area contributed by atoms with Gasteiger partial charge in [-0.3, -0.25) is 9.69 Å². The maximum atomic E-state index is 11.4. The Bertz CT molecular complexity index is 234. The number of carbonyl (C=O) groups excluding carboxylic acids is 1. The summed E-state index contributed by atoms with van der Waals surface area (Å²) < 4.78 is 10.5. The van der Waals surface area contributed by atoms with Crippen molar-refractivity contribution in [3.05, 3.63) is 0 Å². The van der Waals surface area contributed by atoms with E-state index in [-0.39, 0.29) is 25.6 Å². The second-order valence-corrected chi connectivity index (χ2v) is 5.24. The average molecular weight is 277 g/mol. The fourth-order valence-electron chi connectivity index (χ4n) is 1.46. The van der Waals surface area contributed by atoms with Gasteiger partial charge in [-0.25, -0.2) is 0 Å². The van der Waals surface area contributed by atoms with E-state index in [2.05, 4.69) is 0 Å². The molecule has 0 aromatic carbocycles. The van der Waals surface area contributed by atoms with Crippen LogP contribution in [0.2, 0.25) is 0 Å². The first-order valence-corrected chi connectivity index (χ1v) is 6.62. The lowest BCUT2D eigenvalue weighted by Gasteiger charge is -2.20. The molecule has 6 heteroatoms. The van der Waals surface area contributed by atoms with Crippen LogP contribution < -0.4 is 0 Å². The molecule has 0 radical (unpaired) electrons. The van der Waals surface area contributed by atoms with Gasteiger partial charge in [-0.1, -0.05) is 0 Å². The minimum absolute atomic E-state index is 0.0535. The van der Waals surface area contributed by atoms with Crippen molar-refractivity contribution in [1.29, 1.82) is 0 Å². The van der Waals surface area contributed by atoms with Crippen molar-refractivity contribution in [2.24, 2.45) is 0 Å². The molecule has 0 aliphatic carbocycles. The smallest absolute Gasteiger partial charge is 0.308 e. The standard InChI is InChI=1S/C13H27NO5/c1-13(2,3)19-12(17)4-10-18-11-7-14(5-8-15)6-9-16/h15-16H,4-11H2,1-3H3. The fraction of sp³-hybridized carbons (Fsp3) is 0.923. The SMILES string of the molecule is CC(C)(C)OC(=O)CCOCCN(CCO)CCO. The van der Waals surface area contributed by atoms with Gasteiger partial charge in [-0.2, -0.15) is 0 Å². The first-order valence-electron chi connectivity index (χ1n) is 6.62. The van der Waals surface area contributed by atoms with Gasteiger partial charge < -0.3 is 19.7 Å². The number of hydrogen-bond donors (Lipinski definition) is 2. The summed E-state index contributed by atoms with van der Waals surface area (Å²) in [4.78, 5) is 13.3. The number of hydrogen-bond acceptors (Lipinski definition) is 6. The molecule has 0 saturated carbocycles. The molecule has 2 N–H and O–H groups in total. The van der Waals surface area contributed by atoms with Crippen LogP contribution in [-0.2, 0) is 14.3 Å². The van der Waals surface area contributed by atoms with Gasteiger partial charge in [-0.15, -0.1) is 0 Å². The molecule has 0 unspecified atom stereocenters. The topological polar surface area (TPSA) is 79.2 Å². The summed E-state index contributed by atoms with van der Waals surface area (Å²) in [6.45, 7) is 8.01. The van der Waals surface area contributed by atoms with Crippen LogP contribution in [0, 0.1) is 0 Å². The lowest BCUT2D eigenvalue weighted by Crippen LogP contribution is -2.33. The highest BCUT2D eigenvalue weighted by molar-refractivity contribution is 5.69. The molecular weight excluding hydrogens is 250 g/mol. The predicted molar refractivity (Wildman–Crippen MR) is 71.9 cm³/mol. The third kappa shape index (κ3) is 12.1. The lowest BCUT2D eigenvalue weighted by atomic mass is 10.2. The van der Waals surface area contributed by atoms with Gasteiger partial charge in [0.25, 0.3) is 0 Å². The van der Waals surface area contributed by atoms with Crippen LogP contribution in [0.5, 0.6) is 0 Å². The molecule has 114 valence electrons. The van der Waals surface area contributed by atoms with Crippen LogP contribution in [0.15, 0.2) is 0 Å². The minimum atomic E-state index is -0.462. The molecule has 0 heterocycles. The van der Waals surface area contributed by atoms with Crippen LogP contribution in [0.4, 0.5) is 0 Å². The zero-order valence-corrected chi connectivity index (χ0v) is 12.2. The molecule has 0 aliphatic rings. The van der Waals surface area contributed by atoms with Gasteiger partial charge in [0.05, 0.1) is 32.8 Å². The van der Waals surface area contributed by atoms with E-state index in [4.69, 9.17) is 19.7 Å². The second-order valence-electron chi connectivity index (χ2n) is 5.24. The summed E-state index contributed by atoms with van der Waals surface area (Å²) in [6, 6.07) is 0. The van der Waals surface area contributed by atoms with Gasteiger partial charge >= 0.3 is 5.97 Å². The summed E-state index contributed by atoms with van der Waals surface area (Å²) in [7, 11) is 0. The first kappa shape index (κ1) is 18.3. The van der Waals surface area contributed by atoms with Crippen LogP contribution >= 0.6 is 0 Å². The third-order valence-electron chi connectivity index (χ3n) is 2.25.